The lowest BCUT2D eigenvalue weighted by molar-refractivity contribution is -0.116. The zero-order valence-electron chi connectivity index (χ0n) is 20.6. The van der Waals surface area contributed by atoms with Crippen molar-refractivity contribution in [3.8, 4) is 5.75 Å². The van der Waals surface area contributed by atoms with Crippen molar-refractivity contribution >= 4 is 33.4 Å². The quantitative estimate of drug-likeness (QED) is 0.211. The molecule has 2 heterocycles. The molecule has 0 radical (unpaired) electrons. The maximum Gasteiger partial charge on any atom is 0.341 e. The molecular weight excluding hydrogens is 534 g/mol. The van der Waals surface area contributed by atoms with Crippen LogP contribution in [-0.2, 0) is 10.0 Å². The first-order valence-electron chi connectivity index (χ1n) is 11.5. The number of rotatable bonds is 7. The summed E-state index contributed by atoms with van der Waals surface area (Å²) >= 11 is 0. The molecule has 0 saturated heterocycles. The molecular formula is C25H25F2N6O5S+. The Morgan fingerprint density at radius 3 is 2.46 bits per heavy atom. The molecule has 4 rings (SSSR count). The third kappa shape index (κ3) is 5.97. The first-order valence-corrected chi connectivity index (χ1v) is 12.9. The fraction of sp³-hybridized carbons (Fsp3) is 0.160. The maximum absolute atomic E-state index is 13.7. The highest BCUT2D eigenvalue weighted by molar-refractivity contribution is 7.89. The average molecular weight is 560 g/mol. The van der Waals surface area contributed by atoms with Crippen LogP contribution in [-0.4, -0.2) is 55.6 Å². The molecule has 2 aromatic carbocycles. The molecule has 0 fully saturated rings. The standard InChI is InChI=1S/C25H24F2N6O5S/c1-38-16-4-5-18(22(12-16)31-25(35)21-3-2-7-30-21)24(34)32-23(29)19-13-33(8-6-20(19)28)39(36,37)17-10-14(26)9-15(27)11-17/h2-5,7,9-12,30H,6,8,13,28H2,1H3,(H,31,35)(H2,29,32,34)/p+1. The fourth-order valence-electron chi connectivity index (χ4n) is 3.92. The van der Waals surface area contributed by atoms with Gasteiger partial charge in [-0.25, -0.2) is 27.3 Å². The van der Waals surface area contributed by atoms with Gasteiger partial charge in [-0.15, -0.1) is 0 Å². The minimum Gasteiger partial charge on any atom is -0.497 e. The number of H-pyrrole nitrogens is 1. The molecule has 3 aromatic rings. The second-order valence-electron chi connectivity index (χ2n) is 8.51. The highest BCUT2D eigenvalue weighted by atomic mass is 32.2. The van der Waals surface area contributed by atoms with Crippen LogP contribution < -0.4 is 26.5 Å². The van der Waals surface area contributed by atoms with Crippen molar-refractivity contribution in [3.63, 3.8) is 0 Å². The molecule has 0 atom stereocenters. The smallest absolute Gasteiger partial charge is 0.341 e. The van der Waals surface area contributed by atoms with E-state index in [2.05, 4.69) is 15.6 Å². The van der Waals surface area contributed by atoms with Crippen LogP contribution in [0.2, 0.25) is 0 Å². The number of nitrogens with one attached hydrogen (secondary N) is 3. The minimum atomic E-state index is -4.31. The molecule has 11 nitrogen and oxygen atoms in total. The lowest BCUT2D eigenvalue weighted by Crippen LogP contribution is -2.55. The molecule has 0 unspecified atom stereocenters. The van der Waals surface area contributed by atoms with E-state index in [9.17, 15) is 26.8 Å². The zero-order valence-corrected chi connectivity index (χ0v) is 21.4. The Morgan fingerprint density at radius 2 is 1.82 bits per heavy atom. The molecule has 1 aliphatic rings. The summed E-state index contributed by atoms with van der Waals surface area (Å²) in [5.74, 6) is -3.16. The van der Waals surface area contributed by atoms with Crippen LogP contribution in [0.1, 0.15) is 27.3 Å². The van der Waals surface area contributed by atoms with Crippen molar-refractivity contribution in [1.29, 1.82) is 0 Å². The second kappa shape index (κ2) is 11.0. The van der Waals surface area contributed by atoms with Gasteiger partial charge in [-0.1, -0.05) is 0 Å². The number of nitrogens with zero attached hydrogens (tertiary/aromatic N) is 1. The summed E-state index contributed by atoms with van der Waals surface area (Å²) < 4.78 is 59.6. The Hall–Kier alpha value is -4.56. The van der Waals surface area contributed by atoms with E-state index in [4.69, 9.17) is 15.9 Å². The van der Waals surface area contributed by atoms with Gasteiger partial charge < -0.3 is 20.8 Å². The molecule has 14 heteroatoms. The van der Waals surface area contributed by atoms with Gasteiger partial charge in [0.2, 0.25) is 10.0 Å². The Labute approximate surface area is 222 Å². The van der Waals surface area contributed by atoms with E-state index in [1.807, 2.05) is 0 Å². The molecule has 39 heavy (non-hydrogen) atoms. The number of carbonyl (C=O) groups excluding carboxylic acids is 2. The van der Waals surface area contributed by atoms with Crippen LogP contribution in [0.4, 0.5) is 14.5 Å². The van der Waals surface area contributed by atoms with Crippen LogP contribution in [0.25, 0.3) is 0 Å². The van der Waals surface area contributed by atoms with Crippen LogP contribution in [0.15, 0.2) is 70.9 Å². The number of ether oxygens (including phenoxy) is 1. The van der Waals surface area contributed by atoms with Gasteiger partial charge in [-0.3, -0.25) is 10.2 Å². The summed E-state index contributed by atoms with van der Waals surface area (Å²) in [4.78, 5) is 27.9. The third-order valence-corrected chi connectivity index (χ3v) is 7.78. The van der Waals surface area contributed by atoms with Gasteiger partial charge in [0.1, 0.15) is 23.1 Å². The molecule has 1 aromatic heterocycles. The summed E-state index contributed by atoms with van der Waals surface area (Å²) in [5, 5.41) is 11.3. The molecule has 0 bridgehead atoms. The molecule has 1 aliphatic heterocycles. The number of aromatic nitrogens is 1. The number of nitrogens with two attached hydrogens (primary N) is 2. The lowest BCUT2D eigenvalue weighted by Gasteiger charge is -2.27. The Balaban J connectivity index is 1.55. The number of sulfonamides is 1. The molecule has 2 amide bonds. The molecule has 0 saturated carbocycles. The molecule has 0 spiro atoms. The number of amidine groups is 1. The number of amides is 2. The first-order chi connectivity index (χ1) is 18.5. The van der Waals surface area contributed by atoms with Crippen LogP contribution in [0.5, 0.6) is 5.75 Å². The van der Waals surface area contributed by atoms with Crippen molar-refractivity contribution in [3.05, 3.63) is 88.9 Å². The maximum atomic E-state index is 13.7. The van der Waals surface area contributed by atoms with Crippen molar-refractivity contribution < 1.29 is 36.9 Å². The van der Waals surface area contributed by atoms with Gasteiger partial charge in [0.15, 0.2) is 0 Å². The summed E-state index contributed by atoms with van der Waals surface area (Å²) in [6.07, 6.45) is 1.63. The number of halogens is 2. The minimum absolute atomic E-state index is 0.0355. The fourth-order valence-corrected chi connectivity index (χ4v) is 5.37. The predicted molar refractivity (Wildman–Crippen MR) is 137 cm³/mol. The van der Waals surface area contributed by atoms with Gasteiger partial charge in [0.05, 0.1) is 28.8 Å². The Kier molecular flexibility index (Phi) is 7.78. The van der Waals surface area contributed by atoms with Crippen LogP contribution in [0.3, 0.4) is 0 Å². The van der Waals surface area contributed by atoms with Crippen LogP contribution in [0, 0.1) is 11.6 Å². The highest BCUT2D eigenvalue weighted by Gasteiger charge is 2.34. The largest absolute Gasteiger partial charge is 0.497 e. The number of anilines is 1. The van der Waals surface area contributed by atoms with Crippen molar-refractivity contribution in [2.75, 3.05) is 25.5 Å². The van der Waals surface area contributed by atoms with Crippen molar-refractivity contribution in [2.24, 2.45) is 5.73 Å². The van der Waals surface area contributed by atoms with E-state index in [-0.39, 0.29) is 53.6 Å². The Morgan fingerprint density at radius 1 is 1.10 bits per heavy atom. The number of methoxy groups -OCH3 is 1. The van der Waals surface area contributed by atoms with Gasteiger partial charge in [-0.05, 0) is 36.4 Å². The normalized spacial score (nSPS) is 14.1. The second-order valence-corrected chi connectivity index (χ2v) is 10.5. The van der Waals surface area contributed by atoms with Gasteiger partial charge in [0, 0.05) is 43.5 Å². The average Bonchev–Trinajstić information content (AvgIpc) is 3.43. The number of aromatic amines is 1. The number of carbonyl (C=O) groups is 2. The summed E-state index contributed by atoms with van der Waals surface area (Å²) in [5.41, 5.74) is 6.87. The van der Waals surface area contributed by atoms with E-state index >= 15 is 0 Å². The lowest BCUT2D eigenvalue weighted by atomic mass is 10.1. The Bertz CT molecular complexity index is 1570. The number of benzene rings is 2. The topological polar surface area (TPSA) is 172 Å². The van der Waals surface area contributed by atoms with E-state index in [1.165, 1.54) is 25.3 Å². The summed E-state index contributed by atoms with van der Waals surface area (Å²) in [7, 11) is -2.88. The molecule has 204 valence electrons. The number of hydrogen-bond donors (Lipinski definition) is 5. The van der Waals surface area contributed by atoms with E-state index < -0.39 is 38.4 Å². The first kappa shape index (κ1) is 27.5. The third-order valence-electron chi connectivity index (χ3n) is 5.96. The molecule has 0 aliphatic carbocycles. The van der Waals surface area contributed by atoms with E-state index in [1.54, 1.807) is 18.3 Å². The summed E-state index contributed by atoms with van der Waals surface area (Å²) in [6, 6.07) is 9.55. The monoisotopic (exact) mass is 559 g/mol. The highest BCUT2D eigenvalue weighted by Crippen LogP contribution is 2.25. The predicted octanol–water partition coefficient (Wildman–Crippen LogP) is 0.749. The van der Waals surface area contributed by atoms with Crippen molar-refractivity contribution in [2.45, 2.75) is 11.3 Å². The van der Waals surface area contributed by atoms with E-state index in [0.717, 1.165) is 4.31 Å². The molecule has 7 N–H and O–H groups in total. The zero-order chi connectivity index (χ0) is 28.3. The SMILES string of the molecule is COc1ccc(C(=O)NC(=[NH2+])C2=C(N)CCN(S(=O)(=O)c3cc(F)cc(F)c3)C2)c(NC(=O)c2ccc[nH]2)c1. The van der Waals surface area contributed by atoms with Crippen LogP contribution >= 0.6 is 0 Å². The number of hydrogen-bond acceptors (Lipinski definition) is 6. The van der Waals surface area contributed by atoms with Gasteiger partial charge in [0.25, 0.3) is 11.7 Å². The van der Waals surface area contributed by atoms with E-state index in [0.29, 0.717) is 23.9 Å². The van der Waals surface area contributed by atoms with Crippen molar-refractivity contribution in [1.82, 2.24) is 14.6 Å². The van der Waals surface area contributed by atoms with Gasteiger partial charge in [-0.2, -0.15) is 4.31 Å². The van der Waals surface area contributed by atoms with Gasteiger partial charge >= 0.3 is 5.91 Å². The summed E-state index contributed by atoms with van der Waals surface area (Å²) in [6.45, 7) is -0.415.